The first-order valence-corrected chi connectivity index (χ1v) is 8.17. The number of hydrogen-bond acceptors (Lipinski definition) is 4. The number of thiophene rings is 1. The molecule has 0 aromatic carbocycles. The third-order valence-electron chi connectivity index (χ3n) is 3.90. The van der Waals surface area contributed by atoms with Gasteiger partial charge in [-0.15, -0.1) is 11.3 Å². The molecule has 1 N–H and O–H groups in total. The lowest BCUT2D eigenvalue weighted by molar-refractivity contribution is 0.0638. The molecule has 1 saturated heterocycles. The van der Waals surface area contributed by atoms with Crippen molar-refractivity contribution in [3.05, 3.63) is 52.0 Å². The van der Waals surface area contributed by atoms with Crippen molar-refractivity contribution in [2.24, 2.45) is 0 Å². The first kappa shape index (κ1) is 14.2. The average molecular weight is 301 g/mol. The van der Waals surface area contributed by atoms with Gasteiger partial charge in [-0.05, 0) is 35.1 Å². The number of aryl methyl sites for hydroxylation is 1. The van der Waals surface area contributed by atoms with Gasteiger partial charge in [0.15, 0.2) is 0 Å². The number of rotatable bonds is 3. The molecule has 0 spiro atoms. The third kappa shape index (κ3) is 2.84. The number of nitrogens with one attached hydrogen (secondary N) is 1. The molecule has 1 aliphatic rings. The molecular weight excluding hydrogens is 282 g/mol. The SMILES string of the molecule is CCc1ccsc1C(=O)N1CCNCC1c1cccnc1. The Bertz CT molecular complexity index is 611. The predicted molar refractivity (Wildman–Crippen MR) is 84.6 cm³/mol. The maximum Gasteiger partial charge on any atom is 0.264 e. The Balaban J connectivity index is 1.89. The summed E-state index contributed by atoms with van der Waals surface area (Å²) < 4.78 is 0. The number of pyridine rings is 1. The standard InChI is InChI=1S/C16H19N3OS/c1-2-12-5-9-21-15(12)16(20)19-8-7-18-11-14(19)13-4-3-6-17-10-13/h3-6,9-10,14,18H,2,7-8,11H2,1H3. The zero-order valence-electron chi connectivity index (χ0n) is 12.1. The minimum atomic E-state index is 0.0618. The first-order chi connectivity index (χ1) is 10.3. The van der Waals surface area contributed by atoms with Gasteiger partial charge in [0.05, 0.1) is 10.9 Å². The van der Waals surface area contributed by atoms with Gasteiger partial charge in [-0.3, -0.25) is 9.78 Å². The zero-order valence-corrected chi connectivity index (χ0v) is 12.9. The van der Waals surface area contributed by atoms with Gasteiger partial charge in [0, 0.05) is 32.0 Å². The fraction of sp³-hybridized carbons (Fsp3) is 0.375. The molecule has 1 fully saturated rings. The molecule has 1 aliphatic heterocycles. The van der Waals surface area contributed by atoms with Gasteiger partial charge in [0.2, 0.25) is 0 Å². The van der Waals surface area contributed by atoms with E-state index < -0.39 is 0 Å². The van der Waals surface area contributed by atoms with Crippen LogP contribution < -0.4 is 5.32 Å². The van der Waals surface area contributed by atoms with Gasteiger partial charge in [-0.2, -0.15) is 0 Å². The lowest BCUT2D eigenvalue weighted by Gasteiger charge is -2.36. The molecule has 5 heteroatoms. The van der Waals surface area contributed by atoms with Crippen LogP contribution in [0.15, 0.2) is 36.0 Å². The summed E-state index contributed by atoms with van der Waals surface area (Å²) in [7, 11) is 0. The van der Waals surface area contributed by atoms with E-state index >= 15 is 0 Å². The quantitative estimate of drug-likeness (QED) is 0.947. The lowest BCUT2D eigenvalue weighted by atomic mass is 10.0. The predicted octanol–water partition coefficient (Wildman–Crippen LogP) is 2.49. The van der Waals surface area contributed by atoms with Crippen molar-refractivity contribution < 1.29 is 4.79 Å². The van der Waals surface area contributed by atoms with Gasteiger partial charge in [0.1, 0.15) is 0 Å². The van der Waals surface area contributed by atoms with Crippen LogP contribution in [0.3, 0.4) is 0 Å². The van der Waals surface area contributed by atoms with Crippen molar-refractivity contribution in [1.82, 2.24) is 15.2 Å². The van der Waals surface area contributed by atoms with E-state index in [0.717, 1.165) is 42.1 Å². The minimum Gasteiger partial charge on any atom is -0.328 e. The van der Waals surface area contributed by atoms with Crippen LogP contribution in [-0.4, -0.2) is 35.4 Å². The maximum absolute atomic E-state index is 12.9. The molecule has 0 bridgehead atoms. The second-order valence-electron chi connectivity index (χ2n) is 5.13. The lowest BCUT2D eigenvalue weighted by Crippen LogP contribution is -2.48. The van der Waals surface area contributed by atoms with Gasteiger partial charge in [0.25, 0.3) is 5.91 Å². The summed E-state index contributed by atoms with van der Waals surface area (Å²) in [5.41, 5.74) is 2.24. The van der Waals surface area contributed by atoms with Crippen LogP contribution in [0.5, 0.6) is 0 Å². The summed E-state index contributed by atoms with van der Waals surface area (Å²) in [5.74, 6) is 0.150. The van der Waals surface area contributed by atoms with Gasteiger partial charge >= 0.3 is 0 Å². The number of aromatic nitrogens is 1. The van der Waals surface area contributed by atoms with E-state index in [4.69, 9.17) is 0 Å². The minimum absolute atomic E-state index is 0.0618. The van der Waals surface area contributed by atoms with Crippen molar-refractivity contribution in [2.75, 3.05) is 19.6 Å². The number of piperazine rings is 1. The molecule has 3 rings (SSSR count). The maximum atomic E-state index is 12.9. The van der Waals surface area contributed by atoms with E-state index in [2.05, 4.69) is 23.3 Å². The summed E-state index contributed by atoms with van der Waals surface area (Å²) in [4.78, 5) is 20.0. The number of hydrogen-bond donors (Lipinski definition) is 1. The zero-order chi connectivity index (χ0) is 14.7. The summed E-state index contributed by atoms with van der Waals surface area (Å²) in [6, 6.07) is 6.08. The van der Waals surface area contributed by atoms with Gasteiger partial charge < -0.3 is 10.2 Å². The van der Waals surface area contributed by atoms with Crippen molar-refractivity contribution in [3.63, 3.8) is 0 Å². The highest BCUT2D eigenvalue weighted by atomic mass is 32.1. The normalized spacial score (nSPS) is 18.7. The topological polar surface area (TPSA) is 45.2 Å². The molecule has 1 unspecified atom stereocenters. The van der Waals surface area contributed by atoms with Crippen LogP contribution in [0.4, 0.5) is 0 Å². The van der Waals surface area contributed by atoms with Crippen LogP contribution in [0.1, 0.15) is 33.8 Å². The molecule has 0 aliphatic carbocycles. The van der Waals surface area contributed by atoms with Gasteiger partial charge in [-0.25, -0.2) is 0 Å². The highest BCUT2D eigenvalue weighted by Gasteiger charge is 2.30. The highest BCUT2D eigenvalue weighted by molar-refractivity contribution is 7.12. The van der Waals surface area contributed by atoms with Crippen LogP contribution >= 0.6 is 11.3 Å². The summed E-state index contributed by atoms with van der Waals surface area (Å²) >= 11 is 1.55. The third-order valence-corrected chi connectivity index (χ3v) is 4.84. The molecular formula is C16H19N3OS. The van der Waals surface area contributed by atoms with Crippen molar-refractivity contribution >= 4 is 17.2 Å². The van der Waals surface area contributed by atoms with E-state index in [1.165, 1.54) is 0 Å². The molecule has 0 saturated carbocycles. The molecule has 4 nitrogen and oxygen atoms in total. The fourth-order valence-electron chi connectivity index (χ4n) is 2.75. The van der Waals surface area contributed by atoms with Crippen LogP contribution in [0, 0.1) is 0 Å². The van der Waals surface area contributed by atoms with E-state index in [-0.39, 0.29) is 11.9 Å². The van der Waals surface area contributed by atoms with E-state index in [9.17, 15) is 4.79 Å². The highest BCUT2D eigenvalue weighted by Crippen LogP contribution is 2.27. The molecule has 1 amide bonds. The Morgan fingerprint density at radius 3 is 3.19 bits per heavy atom. The summed E-state index contributed by atoms with van der Waals surface area (Å²) in [5, 5.41) is 5.38. The van der Waals surface area contributed by atoms with Crippen LogP contribution in [0.2, 0.25) is 0 Å². The second-order valence-corrected chi connectivity index (χ2v) is 6.05. The van der Waals surface area contributed by atoms with Crippen molar-refractivity contribution in [1.29, 1.82) is 0 Å². The summed E-state index contributed by atoms with van der Waals surface area (Å²) in [6.07, 6.45) is 4.52. The van der Waals surface area contributed by atoms with Crippen molar-refractivity contribution in [3.8, 4) is 0 Å². The fourth-order valence-corrected chi connectivity index (χ4v) is 3.70. The average Bonchev–Trinajstić information content (AvgIpc) is 3.03. The molecule has 21 heavy (non-hydrogen) atoms. The smallest absolute Gasteiger partial charge is 0.264 e. The Labute approximate surface area is 128 Å². The molecule has 3 heterocycles. The number of carbonyl (C=O) groups is 1. The second kappa shape index (κ2) is 6.37. The molecule has 2 aromatic rings. The molecule has 110 valence electrons. The first-order valence-electron chi connectivity index (χ1n) is 7.29. The van der Waals surface area contributed by atoms with Gasteiger partial charge in [-0.1, -0.05) is 13.0 Å². The number of nitrogens with zero attached hydrogens (tertiary/aromatic N) is 2. The Hall–Kier alpha value is -1.72. The molecule has 2 aromatic heterocycles. The Morgan fingerprint density at radius 1 is 1.52 bits per heavy atom. The van der Waals surface area contributed by atoms with Crippen LogP contribution in [-0.2, 0) is 6.42 Å². The molecule has 0 radical (unpaired) electrons. The number of carbonyl (C=O) groups excluding carboxylic acids is 1. The molecule has 1 atom stereocenters. The number of amides is 1. The Kier molecular flexibility index (Phi) is 4.31. The monoisotopic (exact) mass is 301 g/mol. The van der Waals surface area contributed by atoms with Crippen LogP contribution in [0.25, 0.3) is 0 Å². The van der Waals surface area contributed by atoms with E-state index in [1.54, 1.807) is 17.5 Å². The largest absolute Gasteiger partial charge is 0.328 e. The summed E-state index contributed by atoms with van der Waals surface area (Å²) in [6.45, 7) is 4.45. The van der Waals surface area contributed by atoms with E-state index in [1.807, 2.05) is 28.6 Å². The van der Waals surface area contributed by atoms with E-state index in [0.29, 0.717) is 0 Å². The Morgan fingerprint density at radius 2 is 2.43 bits per heavy atom. The van der Waals surface area contributed by atoms with Crippen molar-refractivity contribution in [2.45, 2.75) is 19.4 Å².